The van der Waals surface area contributed by atoms with Gasteiger partial charge in [0.05, 0.1) is 0 Å². The lowest BCUT2D eigenvalue weighted by Crippen LogP contribution is -1.94. The van der Waals surface area contributed by atoms with Crippen molar-refractivity contribution in [2.24, 2.45) is 9.04 Å². The third-order valence-corrected chi connectivity index (χ3v) is 4.93. The van der Waals surface area contributed by atoms with Crippen LogP contribution in [0.2, 0.25) is 0 Å². The standard InChI is InChI=1S/C12H10N6S/c13-15-17-19(18-16-14,11-7-3-1-4-8-11)12-9-5-2-6-10-12/h1-10H. The number of azide groups is 1. The van der Waals surface area contributed by atoms with Crippen LogP contribution in [0.4, 0.5) is 0 Å². The van der Waals surface area contributed by atoms with Gasteiger partial charge in [0.2, 0.25) is 0 Å². The smallest absolute Gasteiger partial charge is 0.0102 e. The zero-order valence-electron chi connectivity index (χ0n) is 9.87. The minimum absolute atomic E-state index is 0.705. The van der Waals surface area contributed by atoms with E-state index in [0.717, 1.165) is 0 Å². The molecule has 0 atom stereocenters. The predicted octanol–water partition coefficient (Wildman–Crippen LogP) is 5.36. The normalized spacial score (nSPS) is 10.9. The van der Waals surface area contributed by atoms with Crippen LogP contribution in [0.15, 0.2) is 79.5 Å². The Morgan fingerprint density at radius 1 is 0.684 bits per heavy atom. The fourth-order valence-corrected chi connectivity index (χ4v) is 3.63. The molecule has 0 radical (unpaired) electrons. The van der Waals surface area contributed by atoms with E-state index >= 15 is 0 Å². The maximum Gasteiger partial charge on any atom is 0.0102 e. The Morgan fingerprint density at radius 2 is 1.05 bits per heavy atom. The van der Waals surface area contributed by atoms with Crippen LogP contribution in [-0.2, 0) is 0 Å². The molecule has 2 aromatic carbocycles. The van der Waals surface area contributed by atoms with E-state index in [9.17, 15) is 0 Å². The Labute approximate surface area is 111 Å². The monoisotopic (exact) mass is 270 g/mol. The summed E-state index contributed by atoms with van der Waals surface area (Å²) in [5.41, 5.74) is 17.7. The van der Waals surface area contributed by atoms with E-state index in [2.05, 4.69) is 18.9 Å². The molecule has 0 fully saturated rings. The highest BCUT2D eigenvalue weighted by molar-refractivity contribution is 8.31. The minimum atomic E-state index is -2.44. The van der Waals surface area contributed by atoms with Crippen LogP contribution in [0, 0.1) is 0 Å². The van der Waals surface area contributed by atoms with Crippen molar-refractivity contribution in [3.05, 3.63) is 81.5 Å². The predicted molar refractivity (Wildman–Crippen MR) is 75.3 cm³/mol. The summed E-state index contributed by atoms with van der Waals surface area (Å²) < 4.78 is 7.66. The SMILES string of the molecule is [N-]=[N+]=NS(N=[N+]=[N-])(c1ccccc1)c1ccccc1. The van der Waals surface area contributed by atoms with Gasteiger partial charge in [-0.15, -0.1) is 0 Å². The molecule has 0 amide bonds. The van der Waals surface area contributed by atoms with Gasteiger partial charge >= 0.3 is 0 Å². The largest absolute Gasteiger partial charge is 0.0622 e. The molecule has 2 rings (SSSR count). The molecule has 0 aromatic heterocycles. The first-order valence-electron chi connectivity index (χ1n) is 5.39. The molecule has 2 aromatic rings. The Hall–Kier alpha value is -2.59. The Bertz CT molecular complexity index is 585. The van der Waals surface area contributed by atoms with Crippen molar-refractivity contribution in [1.29, 1.82) is 0 Å². The molecule has 0 aliphatic heterocycles. The lowest BCUT2D eigenvalue weighted by Gasteiger charge is -2.29. The van der Waals surface area contributed by atoms with Crippen LogP contribution >= 0.6 is 10.4 Å². The second-order valence-electron chi connectivity index (χ2n) is 3.52. The summed E-state index contributed by atoms with van der Waals surface area (Å²) in [6, 6.07) is 18.2. The number of rotatable bonds is 4. The number of hydrogen-bond acceptors (Lipinski definition) is 2. The molecular formula is C12H10N6S. The average Bonchev–Trinajstić information content (AvgIpc) is 2.49. The highest BCUT2D eigenvalue weighted by Crippen LogP contribution is 2.65. The second-order valence-corrected chi connectivity index (χ2v) is 5.88. The van der Waals surface area contributed by atoms with Gasteiger partial charge < -0.3 is 0 Å². The van der Waals surface area contributed by atoms with Crippen LogP contribution in [0.5, 0.6) is 0 Å². The van der Waals surface area contributed by atoms with E-state index in [1.807, 2.05) is 36.4 Å². The molecule has 6 nitrogen and oxygen atoms in total. The topological polar surface area (TPSA) is 97.5 Å². The summed E-state index contributed by atoms with van der Waals surface area (Å²) in [6.07, 6.45) is 0. The average molecular weight is 270 g/mol. The molecule has 0 unspecified atom stereocenters. The van der Waals surface area contributed by atoms with Crippen LogP contribution < -0.4 is 0 Å². The Balaban J connectivity index is 2.75. The van der Waals surface area contributed by atoms with Gasteiger partial charge in [0.1, 0.15) is 0 Å². The Morgan fingerprint density at radius 3 is 1.37 bits per heavy atom. The molecule has 0 heterocycles. The van der Waals surface area contributed by atoms with E-state index in [4.69, 9.17) is 11.1 Å². The zero-order valence-corrected chi connectivity index (χ0v) is 10.7. The molecule has 0 saturated heterocycles. The minimum Gasteiger partial charge on any atom is -0.0622 e. The first-order chi connectivity index (χ1) is 9.33. The van der Waals surface area contributed by atoms with Crippen LogP contribution in [0.3, 0.4) is 0 Å². The van der Waals surface area contributed by atoms with Crippen molar-refractivity contribution < 1.29 is 0 Å². The van der Waals surface area contributed by atoms with Crippen molar-refractivity contribution in [1.82, 2.24) is 0 Å². The molecule has 0 N–H and O–H groups in total. The van der Waals surface area contributed by atoms with E-state index in [1.165, 1.54) is 0 Å². The van der Waals surface area contributed by atoms with Gasteiger partial charge in [-0.05, 0) is 54.8 Å². The molecule has 0 spiro atoms. The summed E-state index contributed by atoms with van der Waals surface area (Å²) in [4.78, 5) is 7.16. The van der Waals surface area contributed by atoms with Gasteiger partial charge in [-0.2, -0.15) is 0 Å². The quantitative estimate of drug-likeness (QED) is 0.406. The summed E-state index contributed by atoms with van der Waals surface area (Å²) in [5, 5.41) is 0. The summed E-state index contributed by atoms with van der Waals surface area (Å²) in [7, 11) is -2.44. The first kappa shape index (κ1) is 12.9. The fourth-order valence-electron chi connectivity index (χ4n) is 1.67. The van der Waals surface area contributed by atoms with Gasteiger partial charge in [-0.3, -0.25) is 0 Å². The van der Waals surface area contributed by atoms with Gasteiger partial charge in [-0.1, -0.05) is 36.4 Å². The maximum atomic E-state index is 8.85. The maximum absolute atomic E-state index is 8.85. The van der Waals surface area contributed by atoms with Gasteiger partial charge in [0.15, 0.2) is 0 Å². The molecule has 94 valence electrons. The molecule has 0 aliphatic rings. The molecule has 0 bridgehead atoms. The Kier molecular flexibility index (Phi) is 3.95. The first-order valence-corrected chi connectivity index (χ1v) is 6.94. The van der Waals surface area contributed by atoms with Crippen LogP contribution in [-0.4, -0.2) is 0 Å². The number of benzene rings is 2. The van der Waals surface area contributed by atoms with Gasteiger partial charge in [-0.25, -0.2) is 0 Å². The van der Waals surface area contributed by atoms with E-state index in [-0.39, 0.29) is 0 Å². The summed E-state index contributed by atoms with van der Waals surface area (Å²) in [5.74, 6) is 0. The van der Waals surface area contributed by atoms with Crippen molar-refractivity contribution >= 4 is 10.4 Å². The molecule has 19 heavy (non-hydrogen) atoms. The van der Waals surface area contributed by atoms with E-state index in [0.29, 0.717) is 9.79 Å². The molecule has 7 heteroatoms. The second kappa shape index (κ2) is 5.84. The van der Waals surface area contributed by atoms with E-state index < -0.39 is 10.4 Å². The summed E-state index contributed by atoms with van der Waals surface area (Å²) in [6.45, 7) is 0. The fraction of sp³-hybridized carbons (Fsp3) is 0. The van der Waals surface area contributed by atoms with E-state index in [1.54, 1.807) is 24.3 Å². The van der Waals surface area contributed by atoms with Crippen LogP contribution in [0.1, 0.15) is 0 Å². The molecule has 0 saturated carbocycles. The zero-order chi connectivity index (χ0) is 13.6. The van der Waals surface area contributed by atoms with Gasteiger partial charge in [0.25, 0.3) is 0 Å². The van der Waals surface area contributed by atoms with Crippen molar-refractivity contribution in [2.45, 2.75) is 9.79 Å². The summed E-state index contributed by atoms with van der Waals surface area (Å²) >= 11 is 0. The number of hydrogen-bond donors (Lipinski definition) is 0. The highest BCUT2D eigenvalue weighted by Gasteiger charge is 2.26. The number of nitrogens with zero attached hydrogens (tertiary/aromatic N) is 6. The molecule has 0 aliphatic carbocycles. The third kappa shape index (κ3) is 2.48. The van der Waals surface area contributed by atoms with Gasteiger partial charge in [0, 0.05) is 19.6 Å². The third-order valence-electron chi connectivity index (χ3n) is 2.45. The molecular weight excluding hydrogens is 260 g/mol. The van der Waals surface area contributed by atoms with Crippen molar-refractivity contribution in [2.75, 3.05) is 0 Å². The highest BCUT2D eigenvalue weighted by atomic mass is 32.3. The van der Waals surface area contributed by atoms with Crippen LogP contribution in [0.25, 0.3) is 20.9 Å². The lowest BCUT2D eigenvalue weighted by atomic mass is 10.4. The van der Waals surface area contributed by atoms with Crippen molar-refractivity contribution in [3.8, 4) is 0 Å². The van der Waals surface area contributed by atoms with Crippen molar-refractivity contribution in [3.63, 3.8) is 0 Å². The lowest BCUT2D eigenvalue weighted by molar-refractivity contribution is 1.31.